The van der Waals surface area contributed by atoms with Gasteiger partial charge in [0.15, 0.2) is 5.60 Å². The molecule has 0 bridgehead atoms. The van der Waals surface area contributed by atoms with Gasteiger partial charge >= 0.3 is 0 Å². The summed E-state index contributed by atoms with van der Waals surface area (Å²) in [5.41, 5.74) is 2.76. The highest BCUT2D eigenvalue weighted by Crippen LogP contribution is 2.28. The number of carbonyl (C=O) groups is 1. The quantitative estimate of drug-likeness (QED) is 0.655. The topological polar surface area (TPSA) is 41.6 Å². The van der Waals surface area contributed by atoms with E-state index in [2.05, 4.69) is 46.6 Å². The first-order valence-electron chi connectivity index (χ1n) is 11.3. The van der Waals surface area contributed by atoms with E-state index in [1.165, 1.54) is 42.6 Å². The van der Waals surface area contributed by atoms with E-state index in [1.54, 1.807) is 7.11 Å². The van der Waals surface area contributed by atoms with Crippen molar-refractivity contribution in [2.75, 3.05) is 26.7 Å². The average molecular weight is 417 g/mol. The Kier molecular flexibility index (Phi) is 7.00. The van der Waals surface area contributed by atoms with Crippen LogP contribution in [0.3, 0.4) is 0 Å². The van der Waals surface area contributed by atoms with Crippen molar-refractivity contribution in [3.05, 3.63) is 95.6 Å². The third kappa shape index (κ3) is 5.33. The Labute approximate surface area is 185 Å². The van der Waals surface area contributed by atoms with Gasteiger partial charge in [0.05, 0.1) is 0 Å². The van der Waals surface area contributed by atoms with Crippen LogP contribution in [0.15, 0.2) is 78.9 Å². The molecule has 0 aromatic heterocycles. The molecule has 1 N–H and O–H groups in total. The fourth-order valence-corrected chi connectivity index (χ4v) is 4.36. The molecule has 1 heterocycles. The van der Waals surface area contributed by atoms with Crippen LogP contribution in [0.25, 0.3) is 0 Å². The molecule has 1 saturated heterocycles. The number of rotatable bonds is 8. The maximum absolute atomic E-state index is 12.9. The summed E-state index contributed by atoms with van der Waals surface area (Å²) in [6.07, 6.45) is 11.3. The third-order valence-corrected chi connectivity index (χ3v) is 6.31. The molecule has 2 aromatic rings. The minimum Gasteiger partial charge on any atom is -0.360 e. The van der Waals surface area contributed by atoms with E-state index in [0.29, 0.717) is 6.54 Å². The molecule has 2 aliphatic rings. The normalized spacial score (nSPS) is 23.2. The maximum atomic E-state index is 12.9. The van der Waals surface area contributed by atoms with Crippen LogP contribution >= 0.6 is 0 Å². The predicted octanol–water partition coefficient (Wildman–Crippen LogP) is 4.24. The summed E-state index contributed by atoms with van der Waals surface area (Å²) in [7, 11) is 1.58. The molecule has 1 amide bonds. The fourth-order valence-electron chi connectivity index (χ4n) is 4.36. The minimum absolute atomic E-state index is 0.125. The van der Waals surface area contributed by atoms with Crippen molar-refractivity contribution in [2.24, 2.45) is 0 Å². The second-order valence-electron chi connectivity index (χ2n) is 8.46. The number of ether oxygens (including phenoxy) is 1. The van der Waals surface area contributed by atoms with Gasteiger partial charge in [-0.3, -0.25) is 9.69 Å². The van der Waals surface area contributed by atoms with E-state index >= 15 is 0 Å². The number of hydrogen-bond acceptors (Lipinski definition) is 3. The van der Waals surface area contributed by atoms with E-state index in [0.717, 1.165) is 13.0 Å². The molecule has 4 nitrogen and oxygen atoms in total. The van der Waals surface area contributed by atoms with Crippen molar-refractivity contribution in [3.63, 3.8) is 0 Å². The summed E-state index contributed by atoms with van der Waals surface area (Å²) in [5.74, 6) is 0.0380. The van der Waals surface area contributed by atoms with Gasteiger partial charge in [0, 0.05) is 26.1 Å². The van der Waals surface area contributed by atoms with Crippen molar-refractivity contribution in [1.82, 2.24) is 10.2 Å². The number of carbonyl (C=O) groups excluding carboxylic acids is 1. The molecule has 31 heavy (non-hydrogen) atoms. The first-order chi connectivity index (χ1) is 15.2. The number of amides is 1. The number of allylic oxidation sites excluding steroid dienone is 2. The molecule has 4 rings (SSSR count). The molecule has 4 heteroatoms. The molecule has 2 aromatic carbocycles. The van der Waals surface area contributed by atoms with Gasteiger partial charge in [-0.1, -0.05) is 66.7 Å². The van der Waals surface area contributed by atoms with E-state index in [9.17, 15) is 4.79 Å². The summed E-state index contributed by atoms with van der Waals surface area (Å²) < 4.78 is 5.62. The number of benzene rings is 2. The smallest absolute Gasteiger partial charge is 0.260 e. The van der Waals surface area contributed by atoms with Gasteiger partial charge in [-0.25, -0.2) is 0 Å². The molecule has 0 unspecified atom stereocenters. The van der Waals surface area contributed by atoms with Gasteiger partial charge in [0.2, 0.25) is 0 Å². The molecule has 0 spiro atoms. The van der Waals surface area contributed by atoms with Crippen LogP contribution in [0.5, 0.6) is 0 Å². The van der Waals surface area contributed by atoms with Crippen molar-refractivity contribution in [3.8, 4) is 0 Å². The Balaban J connectivity index is 1.28. The SMILES string of the molecule is COC1(C(=O)NCCc2ccc(CN3CCCC3)cc2)C=CC(c2ccccc2)C=C1. The van der Waals surface area contributed by atoms with Gasteiger partial charge < -0.3 is 10.1 Å². The lowest BCUT2D eigenvalue weighted by atomic mass is 9.87. The van der Waals surface area contributed by atoms with Crippen molar-refractivity contribution in [1.29, 1.82) is 0 Å². The Morgan fingerprint density at radius 3 is 2.29 bits per heavy atom. The van der Waals surface area contributed by atoms with Crippen LogP contribution in [0, 0.1) is 0 Å². The lowest BCUT2D eigenvalue weighted by Gasteiger charge is -2.28. The molecule has 1 fully saturated rings. The summed E-state index contributed by atoms with van der Waals surface area (Å²) in [4.78, 5) is 15.4. The van der Waals surface area contributed by atoms with Crippen molar-refractivity contribution in [2.45, 2.75) is 37.3 Å². The zero-order chi connectivity index (χ0) is 21.5. The van der Waals surface area contributed by atoms with Gasteiger partial charge in [0.25, 0.3) is 5.91 Å². The first kappa shape index (κ1) is 21.5. The van der Waals surface area contributed by atoms with Crippen molar-refractivity contribution < 1.29 is 9.53 Å². The van der Waals surface area contributed by atoms with Gasteiger partial charge in [-0.2, -0.15) is 0 Å². The highest BCUT2D eigenvalue weighted by atomic mass is 16.5. The molecule has 0 saturated carbocycles. The van der Waals surface area contributed by atoms with Crippen LogP contribution in [-0.2, 0) is 22.5 Å². The van der Waals surface area contributed by atoms with Crippen LogP contribution in [0.1, 0.15) is 35.4 Å². The third-order valence-electron chi connectivity index (χ3n) is 6.31. The largest absolute Gasteiger partial charge is 0.360 e. The second-order valence-corrected chi connectivity index (χ2v) is 8.46. The molecular weight excluding hydrogens is 384 g/mol. The number of nitrogens with one attached hydrogen (secondary N) is 1. The molecule has 0 atom stereocenters. The molecular formula is C27H32N2O2. The Bertz CT molecular complexity index is 898. The van der Waals surface area contributed by atoms with E-state index in [4.69, 9.17) is 4.74 Å². The number of nitrogens with zero attached hydrogens (tertiary/aromatic N) is 1. The Morgan fingerprint density at radius 2 is 1.65 bits per heavy atom. The van der Waals surface area contributed by atoms with Crippen molar-refractivity contribution >= 4 is 5.91 Å². The summed E-state index contributed by atoms with van der Waals surface area (Å²) >= 11 is 0. The first-order valence-corrected chi connectivity index (χ1v) is 11.3. The van der Waals surface area contributed by atoms with Crippen LogP contribution < -0.4 is 5.32 Å². The zero-order valence-corrected chi connectivity index (χ0v) is 18.3. The van der Waals surface area contributed by atoms with Gasteiger partial charge in [-0.05, 0) is 61.2 Å². The van der Waals surface area contributed by atoms with Crippen LogP contribution in [0.2, 0.25) is 0 Å². The van der Waals surface area contributed by atoms with E-state index in [1.807, 2.05) is 42.5 Å². The zero-order valence-electron chi connectivity index (χ0n) is 18.3. The van der Waals surface area contributed by atoms with Gasteiger partial charge in [-0.15, -0.1) is 0 Å². The van der Waals surface area contributed by atoms with E-state index < -0.39 is 5.60 Å². The fraction of sp³-hybridized carbons (Fsp3) is 0.370. The monoisotopic (exact) mass is 416 g/mol. The second kappa shape index (κ2) is 10.1. The highest BCUT2D eigenvalue weighted by molar-refractivity contribution is 5.90. The highest BCUT2D eigenvalue weighted by Gasteiger charge is 2.35. The minimum atomic E-state index is -1.04. The van der Waals surface area contributed by atoms with Gasteiger partial charge in [0.1, 0.15) is 0 Å². The average Bonchev–Trinajstić information content (AvgIpc) is 3.34. The predicted molar refractivity (Wildman–Crippen MR) is 125 cm³/mol. The molecule has 0 radical (unpaired) electrons. The lowest BCUT2D eigenvalue weighted by Crippen LogP contribution is -2.46. The molecule has 1 aliphatic carbocycles. The summed E-state index contributed by atoms with van der Waals surface area (Å²) in [5, 5.41) is 3.05. The van der Waals surface area contributed by atoms with E-state index in [-0.39, 0.29) is 11.8 Å². The Hall–Kier alpha value is -2.69. The number of likely N-dealkylation sites (tertiary alicyclic amines) is 1. The summed E-state index contributed by atoms with van der Waals surface area (Å²) in [6.45, 7) is 4.04. The maximum Gasteiger partial charge on any atom is 0.260 e. The standard InChI is InChI=1S/C27H32N2O2/c1-31-27(16-13-25(14-17-27)24-7-3-2-4-8-24)26(30)28-18-15-22-9-11-23(12-10-22)21-29-19-5-6-20-29/h2-4,7-14,16-17,25H,5-6,15,18-21H2,1H3,(H,28,30). The molecule has 162 valence electrons. The number of hydrogen-bond donors (Lipinski definition) is 1. The number of methoxy groups -OCH3 is 1. The summed E-state index contributed by atoms with van der Waals surface area (Å²) in [6, 6.07) is 19.0. The van der Waals surface area contributed by atoms with Crippen LogP contribution in [0.4, 0.5) is 0 Å². The van der Waals surface area contributed by atoms with Crippen LogP contribution in [-0.4, -0.2) is 43.2 Å². The Morgan fingerprint density at radius 1 is 1.00 bits per heavy atom. The molecule has 1 aliphatic heterocycles. The lowest BCUT2D eigenvalue weighted by molar-refractivity contribution is -0.134.